The van der Waals surface area contributed by atoms with Gasteiger partial charge in [0.1, 0.15) is 0 Å². The van der Waals surface area contributed by atoms with Crippen LogP contribution in [0, 0.1) is 0 Å². The zero-order valence-electron chi connectivity index (χ0n) is 27.6. The number of rotatable bonds is 10. The SMILES string of the molecule is O=P(c1ccccc1)(c1ccccc1)c1ccc(N=Cc2ccc(C=Nc3ccc(P(=O)(c4ccccc4)c4ccccc4)cc3)s2)cc1.[Cl][Fe][Cl]. The van der Waals surface area contributed by atoms with E-state index in [1.54, 1.807) is 11.3 Å². The maximum absolute atomic E-state index is 14.6. The summed E-state index contributed by atoms with van der Waals surface area (Å²) in [4.78, 5) is 11.4. The van der Waals surface area contributed by atoms with E-state index in [4.69, 9.17) is 20.2 Å². The summed E-state index contributed by atoms with van der Waals surface area (Å²) in [5.41, 5.74) is 1.56. The van der Waals surface area contributed by atoms with Gasteiger partial charge >= 0.3 is 33.3 Å². The van der Waals surface area contributed by atoms with Crippen molar-refractivity contribution in [3.63, 3.8) is 0 Å². The average molecular weight is 817 g/mol. The first-order valence-electron chi connectivity index (χ1n) is 16.1. The zero-order chi connectivity index (χ0) is 36.2. The molecule has 0 saturated heterocycles. The van der Waals surface area contributed by atoms with Crippen molar-refractivity contribution in [3.05, 3.63) is 192 Å². The molecule has 260 valence electrons. The molecular weight excluding hydrogens is 785 g/mol. The second-order valence-electron chi connectivity index (χ2n) is 11.4. The molecule has 0 aliphatic heterocycles. The van der Waals surface area contributed by atoms with Crippen LogP contribution < -0.4 is 31.8 Å². The Morgan fingerprint density at radius 2 is 0.654 bits per heavy atom. The number of halogens is 2. The van der Waals surface area contributed by atoms with Gasteiger partial charge in [0.2, 0.25) is 0 Å². The minimum absolute atomic E-state index is 0.194. The molecule has 0 bridgehead atoms. The van der Waals surface area contributed by atoms with Crippen LogP contribution in [-0.4, -0.2) is 12.4 Å². The van der Waals surface area contributed by atoms with E-state index in [0.717, 1.165) is 53.0 Å². The van der Waals surface area contributed by atoms with Crippen LogP contribution in [0.15, 0.2) is 192 Å². The van der Waals surface area contributed by atoms with Gasteiger partial charge in [0.05, 0.1) is 11.4 Å². The molecule has 6 aromatic carbocycles. The Kier molecular flexibility index (Phi) is 13.1. The summed E-state index contributed by atoms with van der Waals surface area (Å²) < 4.78 is 29.2. The number of nitrogens with zero attached hydrogens (tertiary/aromatic N) is 2. The van der Waals surface area contributed by atoms with Gasteiger partial charge < -0.3 is 9.13 Å². The fourth-order valence-electron chi connectivity index (χ4n) is 5.73. The van der Waals surface area contributed by atoms with Crippen molar-refractivity contribution < 1.29 is 22.3 Å². The van der Waals surface area contributed by atoms with Gasteiger partial charge in [0.25, 0.3) is 0 Å². The summed E-state index contributed by atoms with van der Waals surface area (Å²) in [5.74, 6) is 0. The van der Waals surface area contributed by atoms with Gasteiger partial charge in [-0.3, -0.25) is 9.98 Å². The fourth-order valence-corrected chi connectivity index (χ4v) is 11.8. The average Bonchev–Trinajstić information content (AvgIpc) is 3.68. The Hall–Kier alpha value is -4.08. The maximum atomic E-state index is 14.6. The van der Waals surface area contributed by atoms with Crippen LogP contribution >= 0.6 is 45.8 Å². The van der Waals surface area contributed by atoms with Crippen LogP contribution in [0.5, 0.6) is 0 Å². The number of hydrogen-bond acceptors (Lipinski definition) is 5. The van der Waals surface area contributed by atoms with Gasteiger partial charge in [0, 0.05) is 54.0 Å². The van der Waals surface area contributed by atoms with Crippen LogP contribution in [0.2, 0.25) is 0 Å². The van der Waals surface area contributed by atoms with Crippen molar-refractivity contribution in [1.29, 1.82) is 0 Å². The Bertz CT molecular complexity index is 2090. The third-order valence-corrected chi connectivity index (χ3v) is 15.3. The molecule has 7 aromatic rings. The molecule has 0 fully saturated rings. The molecule has 0 amide bonds. The molecule has 0 atom stereocenters. The fraction of sp³-hybridized carbons (Fsp3) is 0. The van der Waals surface area contributed by atoms with Crippen LogP contribution in [0.4, 0.5) is 11.4 Å². The van der Waals surface area contributed by atoms with Crippen molar-refractivity contribution in [2.75, 3.05) is 0 Å². The zero-order valence-corrected chi connectivity index (χ0v) is 32.8. The molecule has 0 aliphatic carbocycles. The second kappa shape index (κ2) is 18.1. The van der Waals surface area contributed by atoms with Crippen molar-refractivity contribution >= 4 is 101 Å². The molecule has 1 aromatic heterocycles. The van der Waals surface area contributed by atoms with Crippen LogP contribution in [0.1, 0.15) is 9.75 Å². The summed E-state index contributed by atoms with van der Waals surface area (Å²) in [6.07, 6.45) is 3.68. The van der Waals surface area contributed by atoms with E-state index in [0.29, 0.717) is 0 Å². The van der Waals surface area contributed by atoms with E-state index in [1.165, 1.54) is 0 Å². The van der Waals surface area contributed by atoms with Gasteiger partial charge in [-0.2, -0.15) is 0 Å². The van der Waals surface area contributed by atoms with Crippen molar-refractivity contribution in [2.24, 2.45) is 9.98 Å². The topological polar surface area (TPSA) is 58.9 Å². The van der Waals surface area contributed by atoms with E-state index >= 15 is 0 Å². The van der Waals surface area contributed by atoms with Gasteiger partial charge in [-0.15, -0.1) is 11.3 Å². The van der Waals surface area contributed by atoms with Gasteiger partial charge in [-0.05, 0) is 60.7 Å². The van der Waals surface area contributed by atoms with Gasteiger partial charge in [-0.25, -0.2) is 0 Å². The van der Waals surface area contributed by atoms with Crippen LogP contribution in [0.3, 0.4) is 0 Å². The van der Waals surface area contributed by atoms with Gasteiger partial charge in [0.15, 0.2) is 14.3 Å². The third kappa shape index (κ3) is 8.75. The monoisotopic (exact) mass is 816 g/mol. The Morgan fingerprint density at radius 1 is 0.404 bits per heavy atom. The number of thiophene rings is 1. The molecule has 52 heavy (non-hydrogen) atoms. The van der Waals surface area contributed by atoms with E-state index in [9.17, 15) is 9.13 Å². The van der Waals surface area contributed by atoms with E-state index in [1.807, 2.05) is 194 Å². The molecule has 10 heteroatoms. The van der Waals surface area contributed by atoms with Crippen LogP contribution in [-0.2, 0) is 22.3 Å². The summed E-state index contributed by atoms with van der Waals surface area (Å²) in [5, 5.41) is 4.77. The predicted molar refractivity (Wildman–Crippen MR) is 222 cm³/mol. The van der Waals surface area contributed by atoms with Gasteiger partial charge in [-0.1, -0.05) is 121 Å². The number of benzene rings is 6. The van der Waals surface area contributed by atoms with E-state index < -0.39 is 14.3 Å². The molecule has 4 nitrogen and oxygen atoms in total. The van der Waals surface area contributed by atoms with Crippen molar-refractivity contribution in [2.45, 2.75) is 0 Å². The molecule has 0 aliphatic rings. The molecule has 0 radical (unpaired) electrons. The molecule has 0 N–H and O–H groups in total. The summed E-state index contributed by atoms with van der Waals surface area (Å²) in [6, 6.07) is 58.0. The molecule has 1 heterocycles. The standard InChI is InChI=1S/C42H32N2O2P2S.2ClH.Fe/c45-47(35-13-5-1-6-14-35,36-15-7-2-8-16-36)39-25-21-33(22-26-39)43-31-41-29-30-42(49-41)32-44-34-23-27-40(28-24-34)48(46,37-17-9-3-10-18-37)38-19-11-4-12-20-38;;;/h1-32H;2*1H;/q;;;+2/p-2. The van der Waals surface area contributed by atoms with Crippen LogP contribution in [0.25, 0.3) is 0 Å². The second-order valence-corrected chi connectivity index (χ2v) is 19.9. The molecular formula is C42H32Cl2FeN2O2P2S. The van der Waals surface area contributed by atoms with E-state index in [2.05, 4.69) is 9.98 Å². The molecule has 0 unspecified atom stereocenters. The predicted octanol–water partition coefficient (Wildman–Crippen LogP) is 9.90. The first-order valence-corrected chi connectivity index (χ1v) is 23.4. The van der Waals surface area contributed by atoms with Crippen molar-refractivity contribution in [3.8, 4) is 0 Å². The number of aliphatic imine (C=N–C) groups is 2. The Labute approximate surface area is 323 Å². The Morgan fingerprint density at radius 3 is 0.923 bits per heavy atom. The summed E-state index contributed by atoms with van der Waals surface area (Å²) >= 11 is 1.78. The third-order valence-electron chi connectivity index (χ3n) is 8.24. The molecule has 0 saturated carbocycles. The summed E-state index contributed by atoms with van der Waals surface area (Å²) in [7, 11) is 3.49. The Balaban J connectivity index is 0.00000150. The minimum atomic E-state index is -3.02. The van der Waals surface area contributed by atoms with Crippen molar-refractivity contribution in [1.82, 2.24) is 0 Å². The first-order chi connectivity index (χ1) is 25.4. The number of hydrogen-bond donors (Lipinski definition) is 0. The normalized spacial score (nSPS) is 11.8. The van der Waals surface area contributed by atoms with E-state index in [-0.39, 0.29) is 13.1 Å². The molecule has 7 rings (SSSR count). The molecule has 0 spiro atoms. The summed E-state index contributed by atoms with van der Waals surface area (Å²) in [6.45, 7) is 0. The first kappa shape index (κ1) is 37.7. The quantitative estimate of drug-likeness (QED) is 0.0785.